The van der Waals surface area contributed by atoms with Gasteiger partial charge in [0.25, 0.3) is 0 Å². The zero-order valence-corrected chi connectivity index (χ0v) is 12.3. The fourth-order valence-electron chi connectivity index (χ4n) is 2.42. The smallest absolute Gasteiger partial charge is 0.124 e. The first kappa shape index (κ1) is 14.0. The zero-order chi connectivity index (χ0) is 13.1. The molecule has 0 spiro atoms. The molecule has 1 aromatic rings. The first-order valence-corrected chi connectivity index (χ1v) is 7.09. The molecule has 0 aromatic heterocycles. The Balaban J connectivity index is 2.09. The molecule has 2 atom stereocenters. The van der Waals surface area contributed by atoms with E-state index in [1.807, 2.05) is 13.1 Å². The fourth-order valence-corrected chi connectivity index (χ4v) is 2.93. The maximum Gasteiger partial charge on any atom is 0.124 e. The molecule has 0 heterocycles. The lowest BCUT2D eigenvalue weighted by atomic mass is 9.98. The van der Waals surface area contributed by atoms with Crippen LogP contribution in [0.5, 0.6) is 0 Å². The van der Waals surface area contributed by atoms with E-state index < -0.39 is 0 Å². The van der Waals surface area contributed by atoms with Gasteiger partial charge in [-0.15, -0.1) is 0 Å². The van der Waals surface area contributed by atoms with Crippen LogP contribution in [-0.4, -0.2) is 26.3 Å². The predicted octanol–water partition coefficient (Wildman–Crippen LogP) is 3.14. The third-order valence-electron chi connectivity index (χ3n) is 3.58. The summed E-state index contributed by atoms with van der Waals surface area (Å²) < 4.78 is 19.5. The minimum absolute atomic E-state index is 0.211. The Kier molecular flexibility index (Phi) is 4.76. The Hall–Kier alpha value is -0.450. The van der Waals surface area contributed by atoms with E-state index in [1.54, 1.807) is 7.11 Å². The molecule has 4 heteroatoms. The van der Waals surface area contributed by atoms with Gasteiger partial charge in [-0.05, 0) is 49.9 Å². The number of nitrogens with one attached hydrogen (secondary N) is 1. The normalized spacial score (nSPS) is 18.7. The molecule has 100 valence electrons. The summed E-state index contributed by atoms with van der Waals surface area (Å²) in [6, 6.07) is 5.13. The number of likely N-dealkylation sites (N-methyl/N-ethyl adjacent to an activating group) is 1. The molecule has 1 aliphatic carbocycles. The van der Waals surface area contributed by atoms with Crippen LogP contribution in [-0.2, 0) is 11.2 Å². The Labute approximate surface area is 116 Å². The van der Waals surface area contributed by atoms with Gasteiger partial charge in [-0.2, -0.15) is 0 Å². The van der Waals surface area contributed by atoms with Gasteiger partial charge in [0.15, 0.2) is 0 Å². The van der Waals surface area contributed by atoms with Crippen LogP contribution in [0.4, 0.5) is 4.39 Å². The average molecular weight is 316 g/mol. The minimum atomic E-state index is -0.211. The van der Waals surface area contributed by atoms with Crippen molar-refractivity contribution in [3.63, 3.8) is 0 Å². The van der Waals surface area contributed by atoms with Crippen LogP contribution < -0.4 is 5.32 Å². The second kappa shape index (κ2) is 6.13. The molecule has 0 amide bonds. The summed E-state index contributed by atoms with van der Waals surface area (Å²) in [5.74, 6) is 0.462. The predicted molar refractivity (Wildman–Crippen MR) is 74.2 cm³/mol. The van der Waals surface area contributed by atoms with Crippen molar-refractivity contribution in [3.05, 3.63) is 34.1 Å². The van der Waals surface area contributed by atoms with Gasteiger partial charge in [-0.3, -0.25) is 0 Å². The number of rotatable bonds is 6. The third-order valence-corrected chi connectivity index (χ3v) is 4.32. The molecule has 1 aliphatic rings. The van der Waals surface area contributed by atoms with E-state index in [4.69, 9.17) is 4.74 Å². The van der Waals surface area contributed by atoms with Crippen LogP contribution >= 0.6 is 15.9 Å². The number of benzene rings is 1. The molecule has 1 saturated carbocycles. The molecule has 0 aliphatic heterocycles. The maximum absolute atomic E-state index is 13.1. The first-order valence-electron chi connectivity index (χ1n) is 6.29. The second-order valence-corrected chi connectivity index (χ2v) is 5.73. The van der Waals surface area contributed by atoms with Crippen LogP contribution in [0, 0.1) is 11.7 Å². The average Bonchev–Trinajstić information content (AvgIpc) is 3.16. The van der Waals surface area contributed by atoms with Gasteiger partial charge in [0.05, 0.1) is 6.10 Å². The second-order valence-electron chi connectivity index (χ2n) is 4.87. The van der Waals surface area contributed by atoms with Crippen molar-refractivity contribution in [1.29, 1.82) is 0 Å². The highest BCUT2D eigenvalue weighted by molar-refractivity contribution is 9.10. The summed E-state index contributed by atoms with van der Waals surface area (Å²) in [6.45, 7) is 0. The number of halogens is 2. The Morgan fingerprint density at radius 2 is 2.22 bits per heavy atom. The highest BCUT2D eigenvalue weighted by Gasteiger charge is 2.36. The molecule has 1 N–H and O–H groups in total. The number of hydrogen-bond acceptors (Lipinski definition) is 2. The summed E-state index contributed by atoms with van der Waals surface area (Å²) in [5.41, 5.74) is 1.11. The molecule has 0 saturated heterocycles. The lowest BCUT2D eigenvalue weighted by Gasteiger charge is -2.26. The molecule has 18 heavy (non-hydrogen) atoms. The van der Waals surface area contributed by atoms with Gasteiger partial charge in [0.1, 0.15) is 5.82 Å². The summed E-state index contributed by atoms with van der Waals surface area (Å²) >= 11 is 3.42. The van der Waals surface area contributed by atoms with Crippen molar-refractivity contribution in [2.45, 2.75) is 31.4 Å². The van der Waals surface area contributed by atoms with Crippen molar-refractivity contribution < 1.29 is 9.13 Å². The molecule has 2 rings (SSSR count). The van der Waals surface area contributed by atoms with Crippen LogP contribution in [0.1, 0.15) is 18.4 Å². The molecular formula is C14H19BrFNO. The van der Waals surface area contributed by atoms with Crippen LogP contribution in [0.15, 0.2) is 22.7 Å². The fraction of sp³-hybridized carbons (Fsp3) is 0.571. The topological polar surface area (TPSA) is 21.3 Å². The van der Waals surface area contributed by atoms with Gasteiger partial charge in [0, 0.05) is 17.6 Å². The number of methoxy groups -OCH3 is 1. The zero-order valence-electron chi connectivity index (χ0n) is 10.7. The van der Waals surface area contributed by atoms with E-state index >= 15 is 0 Å². The van der Waals surface area contributed by atoms with E-state index in [2.05, 4.69) is 21.2 Å². The van der Waals surface area contributed by atoms with E-state index in [9.17, 15) is 4.39 Å². The van der Waals surface area contributed by atoms with Crippen molar-refractivity contribution >= 4 is 15.9 Å². The maximum atomic E-state index is 13.1. The Bertz CT molecular complexity index is 409. The number of ether oxygens (including phenoxy) is 1. The largest absolute Gasteiger partial charge is 0.380 e. The van der Waals surface area contributed by atoms with E-state index in [0.29, 0.717) is 5.92 Å². The highest BCUT2D eigenvalue weighted by Crippen LogP contribution is 2.36. The van der Waals surface area contributed by atoms with E-state index in [-0.39, 0.29) is 18.0 Å². The summed E-state index contributed by atoms with van der Waals surface area (Å²) in [4.78, 5) is 0. The molecule has 2 nitrogen and oxygen atoms in total. The van der Waals surface area contributed by atoms with Gasteiger partial charge >= 0.3 is 0 Å². The van der Waals surface area contributed by atoms with E-state index in [1.165, 1.54) is 25.0 Å². The van der Waals surface area contributed by atoms with Gasteiger partial charge in [0.2, 0.25) is 0 Å². The SMILES string of the molecule is CNC(Cc1ccc(F)cc1Br)C(OC)C1CC1. The molecule has 2 unspecified atom stereocenters. The molecule has 1 fully saturated rings. The lowest BCUT2D eigenvalue weighted by Crippen LogP contribution is -2.42. The van der Waals surface area contributed by atoms with Crippen LogP contribution in [0.2, 0.25) is 0 Å². The van der Waals surface area contributed by atoms with Crippen molar-refractivity contribution in [3.8, 4) is 0 Å². The minimum Gasteiger partial charge on any atom is -0.380 e. The first-order chi connectivity index (χ1) is 8.65. The highest BCUT2D eigenvalue weighted by atomic mass is 79.9. The summed E-state index contributed by atoms with van der Waals surface area (Å²) in [7, 11) is 3.73. The van der Waals surface area contributed by atoms with Crippen molar-refractivity contribution in [1.82, 2.24) is 5.32 Å². The standard InChI is InChI=1S/C14H19BrFNO/c1-17-13(14(18-2)9-3-4-9)7-10-5-6-11(16)8-12(10)15/h5-6,8-9,13-14,17H,3-4,7H2,1-2H3. The quantitative estimate of drug-likeness (QED) is 0.870. The Morgan fingerprint density at radius 1 is 1.50 bits per heavy atom. The summed E-state index contributed by atoms with van der Waals surface area (Å²) in [5, 5.41) is 3.33. The van der Waals surface area contributed by atoms with Gasteiger partial charge < -0.3 is 10.1 Å². The lowest BCUT2D eigenvalue weighted by molar-refractivity contribution is 0.0534. The molecule has 0 radical (unpaired) electrons. The van der Waals surface area contributed by atoms with Crippen LogP contribution in [0.3, 0.4) is 0 Å². The Morgan fingerprint density at radius 3 is 2.72 bits per heavy atom. The van der Waals surface area contributed by atoms with Gasteiger partial charge in [-0.25, -0.2) is 4.39 Å². The third kappa shape index (κ3) is 3.31. The number of hydrogen-bond donors (Lipinski definition) is 1. The summed E-state index contributed by atoms with van der Waals surface area (Å²) in [6.07, 6.45) is 3.58. The molecule has 0 bridgehead atoms. The van der Waals surface area contributed by atoms with E-state index in [0.717, 1.165) is 16.5 Å². The molecule has 1 aromatic carbocycles. The van der Waals surface area contributed by atoms with Crippen molar-refractivity contribution in [2.75, 3.05) is 14.2 Å². The molecular weight excluding hydrogens is 297 g/mol. The van der Waals surface area contributed by atoms with Crippen molar-refractivity contribution in [2.24, 2.45) is 5.92 Å². The van der Waals surface area contributed by atoms with Gasteiger partial charge in [-0.1, -0.05) is 22.0 Å². The van der Waals surface area contributed by atoms with Crippen LogP contribution in [0.25, 0.3) is 0 Å². The monoisotopic (exact) mass is 315 g/mol.